The van der Waals surface area contributed by atoms with Crippen molar-refractivity contribution in [2.75, 3.05) is 36.8 Å². The van der Waals surface area contributed by atoms with Gasteiger partial charge in [-0.2, -0.15) is 20.1 Å². The molecule has 0 amide bonds. The van der Waals surface area contributed by atoms with E-state index in [1.165, 1.54) is 31.5 Å². The molecule has 0 fully saturated rings. The van der Waals surface area contributed by atoms with E-state index < -0.39 is 4.92 Å². The zero-order valence-electron chi connectivity index (χ0n) is 19.9. The zero-order chi connectivity index (χ0) is 25.5. The number of nitrogens with one attached hydrogen (secondary N) is 2. The second-order valence-electron chi connectivity index (χ2n) is 7.73. The SMILES string of the molecule is COc1ccc([N+](=O)[O-])cc1-c1ccc(/C=N\Nc2nc(NCc3ccccc3)nc(N(C)C)n2)o1. The third-order valence-electron chi connectivity index (χ3n) is 4.96. The molecule has 4 aromatic rings. The molecule has 0 radical (unpaired) electrons. The Morgan fingerprint density at radius 1 is 1.08 bits per heavy atom. The first-order valence-corrected chi connectivity index (χ1v) is 10.9. The van der Waals surface area contributed by atoms with Crippen molar-refractivity contribution in [3.05, 3.63) is 82.1 Å². The van der Waals surface area contributed by atoms with Crippen molar-refractivity contribution in [1.29, 1.82) is 0 Å². The summed E-state index contributed by atoms with van der Waals surface area (Å²) in [4.78, 5) is 25.6. The number of aromatic nitrogens is 3. The second-order valence-corrected chi connectivity index (χ2v) is 7.73. The number of hydrogen-bond acceptors (Lipinski definition) is 11. The van der Waals surface area contributed by atoms with Gasteiger partial charge in [0.05, 0.1) is 23.8 Å². The number of non-ortho nitro benzene ring substituents is 1. The van der Waals surface area contributed by atoms with E-state index in [-0.39, 0.29) is 11.6 Å². The van der Waals surface area contributed by atoms with Gasteiger partial charge >= 0.3 is 0 Å². The Bertz CT molecular complexity index is 1370. The lowest BCUT2D eigenvalue weighted by Gasteiger charge is -2.13. The van der Waals surface area contributed by atoms with Crippen LogP contribution in [0.3, 0.4) is 0 Å². The van der Waals surface area contributed by atoms with E-state index in [1.807, 2.05) is 44.4 Å². The first-order valence-electron chi connectivity index (χ1n) is 10.9. The quantitative estimate of drug-likeness (QED) is 0.189. The highest BCUT2D eigenvalue weighted by Crippen LogP contribution is 2.34. The summed E-state index contributed by atoms with van der Waals surface area (Å²) in [6.45, 7) is 0.552. The first-order chi connectivity index (χ1) is 17.4. The molecule has 0 saturated heterocycles. The Kier molecular flexibility index (Phi) is 7.34. The third kappa shape index (κ3) is 5.91. The molecule has 2 aromatic heterocycles. The number of benzene rings is 2. The van der Waals surface area contributed by atoms with Crippen LogP contribution in [0.4, 0.5) is 23.5 Å². The predicted octanol–water partition coefficient (Wildman–Crippen LogP) is 4.17. The first kappa shape index (κ1) is 24.1. The van der Waals surface area contributed by atoms with E-state index >= 15 is 0 Å². The van der Waals surface area contributed by atoms with Crippen molar-refractivity contribution in [3.63, 3.8) is 0 Å². The fourth-order valence-corrected chi connectivity index (χ4v) is 3.19. The van der Waals surface area contributed by atoms with Crippen LogP contribution < -0.4 is 20.4 Å². The lowest BCUT2D eigenvalue weighted by Crippen LogP contribution is -2.16. The minimum absolute atomic E-state index is 0.0673. The standard InChI is InChI=1S/C24H24N8O4/c1-31(2)24-28-22(25-14-16-7-5-4-6-8-16)27-23(29-24)30-26-15-18-10-12-21(36-18)19-13-17(32(33)34)9-11-20(19)35-3/h4-13,15H,14H2,1-3H3,(H2,25,27,28,29,30)/b26-15-. The Labute approximate surface area is 206 Å². The average molecular weight is 489 g/mol. The zero-order valence-corrected chi connectivity index (χ0v) is 19.9. The number of furan rings is 1. The molecule has 0 aliphatic carbocycles. The van der Waals surface area contributed by atoms with E-state index in [4.69, 9.17) is 9.15 Å². The van der Waals surface area contributed by atoms with Gasteiger partial charge < -0.3 is 19.4 Å². The molecule has 2 N–H and O–H groups in total. The Morgan fingerprint density at radius 2 is 1.86 bits per heavy atom. The van der Waals surface area contributed by atoms with Gasteiger partial charge in [-0.15, -0.1) is 0 Å². The van der Waals surface area contributed by atoms with Crippen LogP contribution in [-0.2, 0) is 6.54 Å². The molecule has 0 aliphatic heterocycles. The van der Waals surface area contributed by atoms with Crippen molar-refractivity contribution >= 4 is 29.7 Å². The van der Waals surface area contributed by atoms with Crippen LogP contribution in [0.2, 0.25) is 0 Å². The summed E-state index contributed by atoms with van der Waals surface area (Å²) in [6.07, 6.45) is 1.45. The number of methoxy groups -OCH3 is 1. The second kappa shape index (κ2) is 11.0. The summed E-state index contributed by atoms with van der Waals surface area (Å²) < 4.78 is 11.1. The molecule has 4 rings (SSSR count). The number of nitrogens with zero attached hydrogens (tertiary/aromatic N) is 6. The molecular weight excluding hydrogens is 464 g/mol. The van der Waals surface area contributed by atoms with Crippen LogP contribution in [0, 0.1) is 10.1 Å². The summed E-state index contributed by atoms with van der Waals surface area (Å²) in [7, 11) is 5.14. The van der Waals surface area contributed by atoms with Gasteiger partial charge in [-0.05, 0) is 23.8 Å². The predicted molar refractivity (Wildman–Crippen MR) is 136 cm³/mol. The summed E-state index contributed by atoms with van der Waals surface area (Å²) in [5.41, 5.74) is 4.27. The summed E-state index contributed by atoms with van der Waals surface area (Å²) in [6, 6.07) is 17.6. The van der Waals surface area contributed by atoms with Crippen molar-refractivity contribution in [2.24, 2.45) is 5.10 Å². The molecular formula is C24H24N8O4. The van der Waals surface area contributed by atoms with Gasteiger partial charge in [-0.1, -0.05) is 30.3 Å². The van der Waals surface area contributed by atoms with Crippen LogP contribution in [0.25, 0.3) is 11.3 Å². The van der Waals surface area contributed by atoms with Gasteiger partial charge in [0.2, 0.25) is 17.8 Å². The van der Waals surface area contributed by atoms with Gasteiger partial charge in [-0.25, -0.2) is 5.43 Å². The van der Waals surface area contributed by atoms with E-state index in [0.29, 0.717) is 41.3 Å². The molecule has 184 valence electrons. The maximum atomic E-state index is 11.1. The van der Waals surface area contributed by atoms with Gasteiger partial charge in [0.25, 0.3) is 5.69 Å². The van der Waals surface area contributed by atoms with Gasteiger partial charge in [0.15, 0.2) is 0 Å². The maximum Gasteiger partial charge on any atom is 0.270 e. The average Bonchev–Trinajstić information content (AvgIpc) is 3.36. The molecule has 0 atom stereocenters. The Balaban J connectivity index is 1.49. The largest absolute Gasteiger partial charge is 0.496 e. The summed E-state index contributed by atoms with van der Waals surface area (Å²) in [5.74, 6) is 2.36. The fourth-order valence-electron chi connectivity index (χ4n) is 3.19. The highest BCUT2D eigenvalue weighted by molar-refractivity contribution is 5.79. The van der Waals surface area contributed by atoms with Crippen molar-refractivity contribution < 1.29 is 14.1 Å². The molecule has 2 aromatic carbocycles. The molecule has 12 nitrogen and oxygen atoms in total. The van der Waals surface area contributed by atoms with Gasteiger partial charge in [-0.3, -0.25) is 10.1 Å². The van der Waals surface area contributed by atoms with Crippen LogP contribution in [0.15, 0.2) is 70.2 Å². The molecule has 36 heavy (non-hydrogen) atoms. The number of anilines is 3. The van der Waals surface area contributed by atoms with Crippen LogP contribution in [-0.4, -0.2) is 47.3 Å². The smallest absolute Gasteiger partial charge is 0.270 e. The topological polar surface area (TPSA) is 144 Å². The minimum atomic E-state index is -0.474. The van der Waals surface area contributed by atoms with E-state index in [9.17, 15) is 10.1 Å². The lowest BCUT2D eigenvalue weighted by molar-refractivity contribution is -0.384. The van der Waals surface area contributed by atoms with Crippen molar-refractivity contribution in [3.8, 4) is 17.1 Å². The van der Waals surface area contributed by atoms with Gasteiger partial charge in [0, 0.05) is 32.8 Å². The highest BCUT2D eigenvalue weighted by atomic mass is 16.6. The number of rotatable bonds is 10. The molecule has 0 unspecified atom stereocenters. The van der Waals surface area contributed by atoms with Crippen molar-refractivity contribution in [2.45, 2.75) is 6.54 Å². The fraction of sp³-hybridized carbons (Fsp3) is 0.167. The van der Waals surface area contributed by atoms with Crippen LogP contribution >= 0.6 is 0 Å². The Morgan fingerprint density at radius 3 is 2.58 bits per heavy atom. The molecule has 2 heterocycles. The molecule has 0 saturated carbocycles. The summed E-state index contributed by atoms with van der Waals surface area (Å²) in [5, 5.41) is 18.5. The number of nitro benzene ring substituents is 1. The third-order valence-corrected chi connectivity index (χ3v) is 4.96. The number of nitro groups is 1. The number of hydrogen-bond donors (Lipinski definition) is 2. The van der Waals surface area contributed by atoms with Crippen molar-refractivity contribution in [1.82, 2.24) is 15.0 Å². The molecule has 0 aliphatic rings. The molecule has 12 heteroatoms. The molecule has 0 spiro atoms. The molecule has 0 bridgehead atoms. The number of hydrazone groups is 1. The minimum Gasteiger partial charge on any atom is -0.496 e. The van der Waals surface area contributed by atoms with Gasteiger partial charge in [0.1, 0.15) is 17.3 Å². The highest BCUT2D eigenvalue weighted by Gasteiger charge is 2.16. The van der Waals surface area contributed by atoms with Crippen LogP contribution in [0.1, 0.15) is 11.3 Å². The normalized spacial score (nSPS) is 10.9. The van der Waals surface area contributed by atoms with E-state index in [2.05, 4.69) is 30.8 Å². The maximum absolute atomic E-state index is 11.1. The van der Waals surface area contributed by atoms with Crippen LogP contribution in [0.5, 0.6) is 5.75 Å². The van der Waals surface area contributed by atoms with E-state index in [1.54, 1.807) is 17.0 Å². The lowest BCUT2D eigenvalue weighted by atomic mass is 10.1. The Hall–Kier alpha value is -5.00. The number of ether oxygens (including phenoxy) is 1. The monoisotopic (exact) mass is 488 g/mol. The van der Waals surface area contributed by atoms with E-state index in [0.717, 1.165) is 5.56 Å². The summed E-state index contributed by atoms with van der Waals surface area (Å²) >= 11 is 0.